The molecule has 0 fully saturated rings. The zero-order valence-corrected chi connectivity index (χ0v) is 10.6. The van der Waals surface area contributed by atoms with E-state index in [-0.39, 0.29) is 5.95 Å². The fourth-order valence-electron chi connectivity index (χ4n) is 2.15. The number of anilines is 2. The minimum Gasteiger partial charge on any atom is -0.372 e. The van der Waals surface area contributed by atoms with Gasteiger partial charge < -0.3 is 11.1 Å². The highest BCUT2D eigenvalue weighted by Crippen LogP contribution is 2.26. The smallest absolute Gasteiger partial charge is 0.222 e. The monoisotopic (exact) mass is 250 g/mol. The summed E-state index contributed by atoms with van der Waals surface area (Å²) in [5.74, 6) is 1.03. The quantitative estimate of drug-likeness (QED) is 0.734. The minimum absolute atomic E-state index is 0.280. The molecule has 2 aromatic carbocycles. The molecule has 0 saturated carbocycles. The van der Waals surface area contributed by atoms with E-state index in [1.807, 2.05) is 37.4 Å². The van der Waals surface area contributed by atoms with E-state index >= 15 is 0 Å². The highest BCUT2D eigenvalue weighted by atomic mass is 15.1. The van der Waals surface area contributed by atoms with Gasteiger partial charge in [-0.3, -0.25) is 0 Å². The van der Waals surface area contributed by atoms with Gasteiger partial charge >= 0.3 is 0 Å². The Labute approximate surface area is 111 Å². The minimum atomic E-state index is 0.280. The van der Waals surface area contributed by atoms with Gasteiger partial charge in [-0.05, 0) is 23.3 Å². The third-order valence-electron chi connectivity index (χ3n) is 3.06. The Balaban J connectivity index is 2.21. The summed E-state index contributed by atoms with van der Waals surface area (Å²) < 4.78 is 0. The summed E-state index contributed by atoms with van der Waals surface area (Å²) in [5, 5.41) is 4.01. The molecule has 1 aromatic heterocycles. The Hall–Kier alpha value is -2.62. The molecule has 3 aromatic rings. The molecular formula is C15H14N4. The summed E-state index contributed by atoms with van der Waals surface area (Å²) in [4.78, 5) is 8.47. The zero-order valence-electron chi connectivity index (χ0n) is 10.6. The number of nitrogens with one attached hydrogen (secondary N) is 1. The average molecular weight is 250 g/mol. The van der Waals surface area contributed by atoms with Crippen LogP contribution in [0.1, 0.15) is 0 Å². The topological polar surface area (TPSA) is 63.8 Å². The number of rotatable bonds is 2. The maximum absolute atomic E-state index is 5.73. The number of nitrogen functional groups attached to an aromatic ring is 1. The molecule has 0 amide bonds. The molecule has 3 N–H and O–H groups in total. The summed E-state index contributed by atoms with van der Waals surface area (Å²) in [5.41, 5.74) is 8.85. The Morgan fingerprint density at radius 3 is 2.47 bits per heavy atom. The second-order valence-corrected chi connectivity index (χ2v) is 4.28. The van der Waals surface area contributed by atoms with Gasteiger partial charge in [-0.1, -0.05) is 36.4 Å². The Bertz CT molecular complexity index is 723. The van der Waals surface area contributed by atoms with Crippen LogP contribution in [0.15, 0.2) is 48.5 Å². The van der Waals surface area contributed by atoms with E-state index < -0.39 is 0 Å². The van der Waals surface area contributed by atoms with Crippen LogP contribution in [-0.4, -0.2) is 17.0 Å². The molecule has 0 bridgehead atoms. The predicted octanol–water partition coefficient (Wildman–Crippen LogP) is 2.92. The summed E-state index contributed by atoms with van der Waals surface area (Å²) in [6, 6.07) is 16.3. The number of hydrogen-bond donors (Lipinski definition) is 2. The van der Waals surface area contributed by atoms with Crippen molar-refractivity contribution in [3.05, 3.63) is 48.5 Å². The van der Waals surface area contributed by atoms with E-state index in [1.54, 1.807) is 0 Å². The second-order valence-electron chi connectivity index (χ2n) is 4.28. The number of aromatic nitrogens is 2. The average Bonchev–Trinajstić information content (AvgIpc) is 2.46. The predicted molar refractivity (Wildman–Crippen MR) is 78.9 cm³/mol. The van der Waals surface area contributed by atoms with E-state index in [2.05, 4.69) is 33.5 Å². The van der Waals surface area contributed by atoms with E-state index in [0.29, 0.717) is 0 Å². The van der Waals surface area contributed by atoms with Crippen LogP contribution >= 0.6 is 0 Å². The van der Waals surface area contributed by atoms with Gasteiger partial charge in [0.05, 0.1) is 5.52 Å². The van der Waals surface area contributed by atoms with Gasteiger partial charge in [-0.2, -0.15) is 4.98 Å². The molecule has 0 radical (unpaired) electrons. The molecule has 94 valence electrons. The third-order valence-corrected chi connectivity index (χ3v) is 3.06. The van der Waals surface area contributed by atoms with Crippen LogP contribution in [0, 0.1) is 0 Å². The lowest BCUT2D eigenvalue weighted by atomic mass is 10.0. The first-order chi connectivity index (χ1) is 9.28. The van der Waals surface area contributed by atoms with Crippen molar-refractivity contribution in [1.29, 1.82) is 0 Å². The molecule has 19 heavy (non-hydrogen) atoms. The van der Waals surface area contributed by atoms with Crippen molar-refractivity contribution in [3.8, 4) is 11.1 Å². The summed E-state index contributed by atoms with van der Waals surface area (Å²) in [6.07, 6.45) is 0. The molecule has 0 spiro atoms. The van der Waals surface area contributed by atoms with Crippen molar-refractivity contribution >= 4 is 22.7 Å². The van der Waals surface area contributed by atoms with E-state index in [4.69, 9.17) is 5.73 Å². The molecule has 0 aliphatic heterocycles. The first-order valence-corrected chi connectivity index (χ1v) is 6.08. The van der Waals surface area contributed by atoms with Gasteiger partial charge in [0.1, 0.15) is 5.82 Å². The van der Waals surface area contributed by atoms with Crippen molar-refractivity contribution in [2.45, 2.75) is 0 Å². The number of benzene rings is 2. The van der Waals surface area contributed by atoms with Crippen LogP contribution < -0.4 is 11.1 Å². The van der Waals surface area contributed by atoms with E-state index in [0.717, 1.165) is 27.8 Å². The summed E-state index contributed by atoms with van der Waals surface area (Å²) in [7, 11) is 1.83. The first-order valence-electron chi connectivity index (χ1n) is 6.08. The van der Waals surface area contributed by atoms with Crippen molar-refractivity contribution < 1.29 is 0 Å². The van der Waals surface area contributed by atoms with Gasteiger partial charge in [0, 0.05) is 12.4 Å². The zero-order chi connectivity index (χ0) is 13.2. The highest BCUT2D eigenvalue weighted by molar-refractivity contribution is 5.92. The Morgan fingerprint density at radius 2 is 1.74 bits per heavy atom. The largest absolute Gasteiger partial charge is 0.372 e. The van der Waals surface area contributed by atoms with Crippen LogP contribution in [0.4, 0.5) is 11.8 Å². The van der Waals surface area contributed by atoms with Crippen molar-refractivity contribution in [3.63, 3.8) is 0 Å². The normalized spacial score (nSPS) is 10.6. The molecule has 0 atom stereocenters. The molecule has 0 aliphatic carbocycles. The lowest BCUT2D eigenvalue weighted by molar-refractivity contribution is 1.22. The van der Waals surface area contributed by atoms with Crippen LogP contribution in [0.3, 0.4) is 0 Å². The lowest BCUT2D eigenvalue weighted by Gasteiger charge is -2.08. The second kappa shape index (κ2) is 4.57. The molecule has 4 heteroatoms. The fraction of sp³-hybridized carbons (Fsp3) is 0.0667. The van der Waals surface area contributed by atoms with E-state index in [1.165, 1.54) is 0 Å². The molecule has 0 unspecified atom stereocenters. The molecule has 3 rings (SSSR count). The number of nitrogens with two attached hydrogens (primary N) is 1. The van der Waals surface area contributed by atoms with Crippen molar-refractivity contribution in [1.82, 2.24) is 9.97 Å². The molecular weight excluding hydrogens is 236 g/mol. The number of fused-ring (bicyclic) bond motifs is 1. The van der Waals surface area contributed by atoms with Gasteiger partial charge in [-0.25, -0.2) is 4.98 Å². The first kappa shape index (κ1) is 11.5. The maximum Gasteiger partial charge on any atom is 0.222 e. The van der Waals surface area contributed by atoms with Crippen LogP contribution in [0.25, 0.3) is 22.0 Å². The van der Waals surface area contributed by atoms with Crippen LogP contribution in [-0.2, 0) is 0 Å². The Kier molecular flexibility index (Phi) is 2.76. The van der Waals surface area contributed by atoms with E-state index in [9.17, 15) is 0 Å². The summed E-state index contributed by atoms with van der Waals surface area (Å²) in [6.45, 7) is 0. The van der Waals surface area contributed by atoms with Gasteiger partial charge in [-0.15, -0.1) is 0 Å². The lowest BCUT2D eigenvalue weighted by Crippen LogP contribution is -2.01. The highest BCUT2D eigenvalue weighted by Gasteiger charge is 2.06. The van der Waals surface area contributed by atoms with Crippen LogP contribution in [0.2, 0.25) is 0 Å². The van der Waals surface area contributed by atoms with Gasteiger partial charge in [0.25, 0.3) is 0 Å². The molecule has 1 heterocycles. The Morgan fingerprint density at radius 1 is 0.947 bits per heavy atom. The van der Waals surface area contributed by atoms with Gasteiger partial charge in [0.15, 0.2) is 0 Å². The summed E-state index contributed by atoms with van der Waals surface area (Å²) >= 11 is 0. The maximum atomic E-state index is 5.73. The van der Waals surface area contributed by atoms with Gasteiger partial charge in [0.2, 0.25) is 5.95 Å². The fourth-order valence-corrected chi connectivity index (χ4v) is 2.15. The van der Waals surface area contributed by atoms with Crippen molar-refractivity contribution in [2.24, 2.45) is 0 Å². The standard InChI is InChI=1S/C15H14N4/c1-17-14-12-8-7-11(10-5-3-2-4-6-10)9-13(12)18-15(16)19-14/h2-9H,1H3,(H3,16,17,18,19). The van der Waals surface area contributed by atoms with Crippen LogP contribution in [0.5, 0.6) is 0 Å². The number of hydrogen-bond acceptors (Lipinski definition) is 4. The number of nitrogens with zero attached hydrogens (tertiary/aromatic N) is 2. The van der Waals surface area contributed by atoms with Crippen molar-refractivity contribution in [2.75, 3.05) is 18.1 Å². The molecule has 0 saturated heterocycles. The third kappa shape index (κ3) is 2.08. The molecule has 0 aliphatic rings. The molecule has 4 nitrogen and oxygen atoms in total. The SMILES string of the molecule is CNc1nc(N)nc2cc(-c3ccccc3)ccc12.